The average molecular weight is 370 g/mol. The number of nitrogens with one attached hydrogen (secondary N) is 1. The Labute approximate surface area is 157 Å². The average Bonchev–Trinajstić information content (AvgIpc) is 3.36. The Bertz CT molecular complexity index is 845. The number of imide groups is 1. The van der Waals surface area contributed by atoms with Gasteiger partial charge < -0.3 is 10.1 Å². The van der Waals surface area contributed by atoms with Gasteiger partial charge >= 0.3 is 12.0 Å². The minimum atomic E-state index is -0.933. The maximum Gasteiger partial charge on any atom is 0.326 e. The lowest BCUT2D eigenvalue weighted by molar-refractivity contribution is -0.146. The molecule has 1 saturated heterocycles. The van der Waals surface area contributed by atoms with Crippen molar-refractivity contribution in [2.24, 2.45) is 5.92 Å². The molecule has 0 spiro atoms. The lowest BCUT2D eigenvalue weighted by Crippen LogP contribution is -2.46. The van der Waals surface area contributed by atoms with Crippen molar-refractivity contribution in [3.05, 3.63) is 34.9 Å². The molecule has 0 radical (unpaired) electrons. The van der Waals surface area contributed by atoms with Crippen molar-refractivity contribution in [3.63, 3.8) is 0 Å². The molecule has 2 fully saturated rings. The number of ether oxygens (including phenoxy) is 1. The SMILES string of the molecule is C[C@@]1(C2CC2)NC(=O)N(CC(=O)OCC(=O)c2ccc3c(c2)CCC3)C1=O. The van der Waals surface area contributed by atoms with Gasteiger partial charge in [-0.05, 0) is 62.1 Å². The summed E-state index contributed by atoms with van der Waals surface area (Å²) in [5.41, 5.74) is 2.02. The zero-order chi connectivity index (χ0) is 19.2. The van der Waals surface area contributed by atoms with Gasteiger partial charge in [-0.1, -0.05) is 12.1 Å². The number of esters is 1. The van der Waals surface area contributed by atoms with Crippen LogP contribution in [0.1, 0.15) is 47.7 Å². The Morgan fingerprint density at radius 2 is 1.96 bits per heavy atom. The third kappa shape index (κ3) is 3.22. The number of urea groups is 1. The van der Waals surface area contributed by atoms with E-state index in [1.807, 2.05) is 12.1 Å². The maximum absolute atomic E-state index is 12.5. The monoisotopic (exact) mass is 370 g/mol. The highest BCUT2D eigenvalue weighted by Crippen LogP contribution is 2.42. The van der Waals surface area contributed by atoms with E-state index in [0.717, 1.165) is 37.0 Å². The molecule has 27 heavy (non-hydrogen) atoms. The number of amides is 3. The second-order valence-electron chi connectivity index (χ2n) is 7.72. The van der Waals surface area contributed by atoms with Crippen LogP contribution in [0.25, 0.3) is 0 Å². The first-order valence-corrected chi connectivity index (χ1v) is 9.33. The zero-order valence-electron chi connectivity index (χ0n) is 15.2. The number of fused-ring (bicyclic) bond motifs is 1. The number of carbonyl (C=O) groups excluding carboxylic acids is 4. The van der Waals surface area contributed by atoms with E-state index in [9.17, 15) is 19.2 Å². The highest BCUT2D eigenvalue weighted by molar-refractivity contribution is 6.09. The molecule has 0 unspecified atom stereocenters. The van der Waals surface area contributed by atoms with E-state index in [2.05, 4.69) is 5.32 Å². The fourth-order valence-corrected chi connectivity index (χ4v) is 3.95. The Hall–Kier alpha value is -2.70. The van der Waals surface area contributed by atoms with Gasteiger partial charge in [0.1, 0.15) is 12.1 Å². The molecule has 4 rings (SSSR count). The summed E-state index contributed by atoms with van der Waals surface area (Å²) >= 11 is 0. The van der Waals surface area contributed by atoms with Gasteiger partial charge in [0.05, 0.1) is 0 Å². The number of rotatable bonds is 6. The fourth-order valence-electron chi connectivity index (χ4n) is 3.95. The molecule has 7 heteroatoms. The van der Waals surface area contributed by atoms with Crippen LogP contribution in [0.5, 0.6) is 0 Å². The first-order valence-electron chi connectivity index (χ1n) is 9.33. The van der Waals surface area contributed by atoms with Gasteiger partial charge in [-0.15, -0.1) is 0 Å². The number of hydrogen-bond acceptors (Lipinski definition) is 5. The van der Waals surface area contributed by atoms with Crippen LogP contribution < -0.4 is 5.32 Å². The minimum Gasteiger partial charge on any atom is -0.456 e. The number of aryl methyl sites for hydroxylation is 2. The molecule has 3 amide bonds. The number of ketones is 1. The fraction of sp³-hybridized carbons (Fsp3) is 0.500. The summed E-state index contributed by atoms with van der Waals surface area (Å²) < 4.78 is 5.02. The summed E-state index contributed by atoms with van der Waals surface area (Å²) in [4.78, 5) is 49.8. The van der Waals surface area contributed by atoms with Gasteiger partial charge in [0.2, 0.25) is 0 Å². The number of nitrogens with zero attached hydrogens (tertiary/aromatic N) is 1. The van der Waals surface area contributed by atoms with Crippen LogP contribution in [0.2, 0.25) is 0 Å². The standard InChI is InChI=1S/C20H22N2O5/c1-20(15-7-8-15)18(25)22(19(26)21-20)10-17(24)27-11-16(23)14-6-5-12-3-2-4-13(12)9-14/h5-6,9,15H,2-4,7-8,10-11H2,1H3,(H,21,26)/t20-/m0/s1. The third-order valence-corrected chi connectivity index (χ3v) is 5.77. The van der Waals surface area contributed by atoms with Crippen molar-refractivity contribution in [1.82, 2.24) is 10.2 Å². The van der Waals surface area contributed by atoms with E-state index in [1.165, 1.54) is 11.1 Å². The van der Waals surface area contributed by atoms with Crippen molar-refractivity contribution in [2.75, 3.05) is 13.2 Å². The summed E-state index contributed by atoms with van der Waals surface area (Å²) in [6.07, 6.45) is 4.85. The van der Waals surface area contributed by atoms with Gasteiger partial charge in [-0.25, -0.2) is 4.79 Å². The molecule has 3 aliphatic rings. The van der Waals surface area contributed by atoms with Crippen LogP contribution >= 0.6 is 0 Å². The number of Topliss-reactive ketones (excluding diaryl/α,β-unsaturated/α-hetero) is 1. The lowest BCUT2D eigenvalue weighted by Gasteiger charge is -2.20. The Kier molecular flexibility index (Phi) is 4.25. The van der Waals surface area contributed by atoms with Crippen molar-refractivity contribution in [1.29, 1.82) is 0 Å². The molecule has 1 aromatic rings. The zero-order valence-corrected chi connectivity index (χ0v) is 15.2. The normalized spacial score (nSPS) is 24.0. The highest BCUT2D eigenvalue weighted by atomic mass is 16.5. The maximum atomic E-state index is 12.5. The van der Waals surface area contributed by atoms with Crippen molar-refractivity contribution in [2.45, 2.75) is 44.6 Å². The second kappa shape index (κ2) is 6.48. The van der Waals surface area contributed by atoms with E-state index in [4.69, 9.17) is 4.74 Å². The molecule has 7 nitrogen and oxygen atoms in total. The molecule has 1 aromatic carbocycles. The second-order valence-corrected chi connectivity index (χ2v) is 7.72. The quantitative estimate of drug-likeness (QED) is 0.467. The Morgan fingerprint density at radius 1 is 1.22 bits per heavy atom. The highest BCUT2D eigenvalue weighted by Gasteiger charge is 2.56. The molecular weight excluding hydrogens is 348 g/mol. The third-order valence-electron chi connectivity index (χ3n) is 5.77. The van der Waals surface area contributed by atoms with Crippen LogP contribution in [-0.2, 0) is 27.2 Å². The van der Waals surface area contributed by atoms with Crippen LogP contribution in [0.4, 0.5) is 4.79 Å². The van der Waals surface area contributed by atoms with Gasteiger partial charge in [0, 0.05) is 5.56 Å². The Balaban J connectivity index is 1.32. The van der Waals surface area contributed by atoms with E-state index in [-0.39, 0.29) is 11.7 Å². The smallest absolute Gasteiger partial charge is 0.326 e. The summed E-state index contributed by atoms with van der Waals surface area (Å²) in [5, 5.41) is 2.67. The molecule has 1 atom stereocenters. The molecule has 1 N–H and O–H groups in total. The van der Waals surface area contributed by atoms with E-state index < -0.39 is 36.6 Å². The first-order chi connectivity index (χ1) is 12.9. The molecule has 142 valence electrons. The first kappa shape index (κ1) is 17.7. The predicted octanol–water partition coefficient (Wildman–Crippen LogP) is 1.62. The summed E-state index contributed by atoms with van der Waals surface area (Å²) in [6, 6.07) is 4.97. The molecule has 1 heterocycles. The number of carbonyl (C=O) groups is 4. The predicted molar refractivity (Wildman–Crippen MR) is 95.1 cm³/mol. The summed E-state index contributed by atoms with van der Waals surface area (Å²) in [5.74, 6) is -1.35. The van der Waals surface area contributed by atoms with Crippen LogP contribution in [0.3, 0.4) is 0 Å². The largest absolute Gasteiger partial charge is 0.456 e. The molecule has 0 aromatic heterocycles. The number of benzene rings is 1. The topological polar surface area (TPSA) is 92.8 Å². The molecule has 1 saturated carbocycles. The minimum absolute atomic E-state index is 0.122. The Morgan fingerprint density at radius 3 is 2.70 bits per heavy atom. The summed E-state index contributed by atoms with van der Waals surface area (Å²) in [7, 11) is 0. The van der Waals surface area contributed by atoms with Gasteiger partial charge in [-0.3, -0.25) is 19.3 Å². The molecule has 0 bridgehead atoms. The lowest BCUT2D eigenvalue weighted by atomic mass is 9.96. The van der Waals surface area contributed by atoms with E-state index >= 15 is 0 Å². The van der Waals surface area contributed by atoms with Gasteiger partial charge in [0.15, 0.2) is 12.4 Å². The van der Waals surface area contributed by atoms with E-state index in [0.29, 0.717) is 5.56 Å². The molecular formula is C20H22N2O5. The van der Waals surface area contributed by atoms with Crippen molar-refractivity contribution < 1.29 is 23.9 Å². The van der Waals surface area contributed by atoms with Crippen LogP contribution in [-0.4, -0.2) is 47.3 Å². The van der Waals surface area contributed by atoms with Crippen LogP contribution in [0, 0.1) is 5.92 Å². The number of hydrogen-bond donors (Lipinski definition) is 1. The summed E-state index contributed by atoms with van der Waals surface area (Å²) in [6.45, 7) is 0.805. The van der Waals surface area contributed by atoms with E-state index in [1.54, 1.807) is 13.0 Å². The van der Waals surface area contributed by atoms with Crippen molar-refractivity contribution >= 4 is 23.7 Å². The van der Waals surface area contributed by atoms with Gasteiger partial charge in [0.25, 0.3) is 5.91 Å². The van der Waals surface area contributed by atoms with Gasteiger partial charge in [-0.2, -0.15) is 0 Å². The van der Waals surface area contributed by atoms with Crippen LogP contribution in [0.15, 0.2) is 18.2 Å². The molecule has 1 aliphatic heterocycles. The van der Waals surface area contributed by atoms with Crippen molar-refractivity contribution in [3.8, 4) is 0 Å². The molecule has 2 aliphatic carbocycles.